The summed E-state index contributed by atoms with van der Waals surface area (Å²) in [6, 6.07) is 11.4. The van der Waals surface area contributed by atoms with Crippen LogP contribution < -0.4 is 4.90 Å². The van der Waals surface area contributed by atoms with Crippen molar-refractivity contribution in [2.24, 2.45) is 9.98 Å². The van der Waals surface area contributed by atoms with Gasteiger partial charge in [-0.15, -0.1) is 0 Å². The standard InChI is InChI=1S/C26H19F2N5O/c1-29-14-19(15-30-2)22-16-31-25-32(24(34)26(10-11-26)33(22)25)23-20(27)12-18(13-21(23)28)9-8-17-6-4-3-5-7-17/h3-7,12-16H,1,10-11H2,2H3/b19-14+,30-15-. The molecule has 1 fully saturated rings. The van der Waals surface area contributed by atoms with Gasteiger partial charge in [-0.2, -0.15) is 0 Å². The number of anilines is 2. The van der Waals surface area contributed by atoms with Gasteiger partial charge >= 0.3 is 0 Å². The highest BCUT2D eigenvalue weighted by Crippen LogP contribution is 2.55. The number of carbonyl (C=O) groups excluding carboxylic acids is 1. The molecule has 1 saturated carbocycles. The van der Waals surface area contributed by atoms with Gasteiger partial charge in [0.2, 0.25) is 5.95 Å². The van der Waals surface area contributed by atoms with E-state index >= 15 is 8.78 Å². The highest BCUT2D eigenvalue weighted by atomic mass is 19.1. The predicted octanol–water partition coefficient (Wildman–Crippen LogP) is 4.47. The number of fused-ring (bicyclic) bond motifs is 2. The second-order valence-corrected chi connectivity index (χ2v) is 8.01. The van der Waals surface area contributed by atoms with Gasteiger partial charge in [-0.25, -0.2) is 18.7 Å². The van der Waals surface area contributed by atoms with Gasteiger partial charge in [0.1, 0.15) is 11.2 Å². The van der Waals surface area contributed by atoms with Crippen LogP contribution in [0.3, 0.4) is 0 Å². The first-order valence-corrected chi connectivity index (χ1v) is 10.6. The minimum absolute atomic E-state index is 0.151. The van der Waals surface area contributed by atoms with E-state index in [1.54, 1.807) is 36.2 Å². The normalized spacial score (nSPS) is 16.0. The van der Waals surface area contributed by atoms with Crippen molar-refractivity contribution in [1.82, 2.24) is 9.55 Å². The summed E-state index contributed by atoms with van der Waals surface area (Å²) in [5, 5.41) is 0. The lowest BCUT2D eigenvalue weighted by molar-refractivity contribution is -0.120. The first-order valence-electron chi connectivity index (χ1n) is 10.6. The molecule has 6 nitrogen and oxygen atoms in total. The molecule has 1 aliphatic carbocycles. The topological polar surface area (TPSA) is 62.9 Å². The Labute approximate surface area is 195 Å². The van der Waals surface area contributed by atoms with E-state index in [-0.39, 0.29) is 11.5 Å². The number of amides is 1. The Hall–Kier alpha value is -4.38. The van der Waals surface area contributed by atoms with E-state index in [0.717, 1.165) is 22.6 Å². The molecule has 34 heavy (non-hydrogen) atoms. The molecular formula is C26H19F2N5O. The van der Waals surface area contributed by atoms with Crippen molar-refractivity contribution in [3.8, 4) is 11.8 Å². The van der Waals surface area contributed by atoms with E-state index in [1.165, 1.54) is 6.20 Å². The van der Waals surface area contributed by atoms with Gasteiger partial charge in [0, 0.05) is 36.2 Å². The summed E-state index contributed by atoms with van der Waals surface area (Å²) in [4.78, 5) is 26.6. The summed E-state index contributed by atoms with van der Waals surface area (Å²) in [5.74, 6) is 3.60. The minimum atomic E-state index is -0.923. The first kappa shape index (κ1) is 21.5. The Morgan fingerprint density at radius 1 is 1.15 bits per heavy atom. The van der Waals surface area contributed by atoms with Gasteiger partial charge in [0.05, 0.1) is 11.9 Å². The quantitative estimate of drug-likeness (QED) is 0.431. The molecule has 2 aromatic carbocycles. The Bertz CT molecular complexity index is 1420. The number of hydrogen-bond acceptors (Lipinski definition) is 4. The molecule has 1 amide bonds. The molecule has 0 N–H and O–H groups in total. The molecule has 1 spiro atoms. The molecule has 2 heterocycles. The first-order chi connectivity index (χ1) is 16.5. The lowest BCUT2D eigenvalue weighted by Gasteiger charge is -2.17. The molecule has 3 aromatic rings. The van der Waals surface area contributed by atoms with Crippen LogP contribution in [0.4, 0.5) is 20.4 Å². The fraction of sp³-hybridized carbons (Fsp3) is 0.154. The van der Waals surface area contributed by atoms with Crippen LogP contribution in [0.25, 0.3) is 5.57 Å². The molecule has 5 rings (SSSR count). The molecule has 2 aliphatic rings. The summed E-state index contributed by atoms with van der Waals surface area (Å²) in [7, 11) is 1.61. The van der Waals surface area contributed by atoms with Gasteiger partial charge in [-0.1, -0.05) is 30.0 Å². The molecule has 1 aliphatic heterocycles. The highest BCUT2D eigenvalue weighted by molar-refractivity contribution is 6.13. The van der Waals surface area contributed by atoms with Crippen LogP contribution in [-0.4, -0.2) is 35.4 Å². The third-order valence-corrected chi connectivity index (χ3v) is 5.86. The molecule has 1 aromatic heterocycles. The summed E-state index contributed by atoms with van der Waals surface area (Å²) >= 11 is 0. The molecule has 0 radical (unpaired) electrons. The number of carbonyl (C=O) groups is 1. The van der Waals surface area contributed by atoms with Crippen molar-refractivity contribution < 1.29 is 13.6 Å². The Balaban J connectivity index is 1.59. The van der Waals surface area contributed by atoms with Gasteiger partial charge in [0.25, 0.3) is 5.91 Å². The zero-order valence-electron chi connectivity index (χ0n) is 18.3. The van der Waals surface area contributed by atoms with Gasteiger partial charge < -0.3 is 0 Å². The van der Waals surface area contributed by atoms with Gasteiger partial charge in [0.15, 0.2) is 11.6 Å². The number of allylic oxidation sites excluding steroid dienone is 1. The van der Waals surface area contributed by atoms with E-state index in [9.17, 15) is 4.79 Å². The van der Waals surface area contributed by atoms with Crippen LogP contribution in [0, 0.1) is 23.5 Å². The number of aliphatic imine (C=N–C) groups is 2. The maximum atomic E-state index is 15.2. The Morgan fingerprint density at radius 2 is 1.82 bits per heavy atom. The molecule has 168 valence electrons. The average molecular weight is 455 g/mol. The Morgan fingerprint density at radius 3 is 2.44 bits per heavy atom. The summed E-state index contributed by atoms with van der Waals surface area (Å²) in [6.07, 6.45) is 5.70. The zero-order valence-corrected chi connectivity index (χ0v) is 18.3. The summed E-state index contributed by atoms with van der Waals surface area (Å²) < 4.78 is 32.2. The van der Waals surface area contributed by atoms with Crippen LogP contribution in [0.15, 0.2) is 64.8 Å². The fourth-order valence-electron chi connectivity index (χ4n) is 4.20. The molecule has 0 saturated heterocycles. The third kappa shape index (κ3) is 3.33. The van der Waals surface area contributed by atoms with Crippen molar-refractivity contribution in [3.05, 3.63) is 83.3 Å². The maximum Gasteiger partial charge on any atom is 0.260 e. The molecule has 8 heteroatoms. The maximum absolute atomic E-state index is 15.2. The van der Waals surface area contributed by atoms with E-state index in [2.05, 4.69) is 33.5 Å². The number of nitrogens with zero attached hydrogens (tertiary/aromatic N) is 5. The summed E-state index contributed by atoms with van der Waals surface area (Å²) in [6.45, 7) is 3.48. The predicted molar refractivity (Wildman–Crippen MR) is 127 cm³/mol. The van der Waals surface area contributed by atoms with Crippen LogP contribution in [0.2, 0.25) is 0 Å². The number of benzene rings is 2. The van der Waals surface area contributed by atoms with Crippen LogP contribution in [-0.2, 0) is 10.3 Å². The van der Waals surface area contributed by atoms with E-state index in [4.69, 9.17) is 0 Å². The second-order valence-electron chi connectivity index (χ2n) is 8.01. The van der Waals surface area contributed by atoms with Gasteiger partial charge in [-0.05, 0) is 43.8 Å². The summed E-state index contributed by atoms with van der Waals surface area (Å²) in [5.41, 5.74) is 0.668. The SMILES string of the molecule is C=N/C=C(\C=N/C)c1cnc2n1C1(CC1)C(=O)N2c1c(F)cc(C#Cc2ccccc2)cc1F. The molecule has 0 unspecified atom stereocenters. The zero-order chi connectivity index (χ0) is 23.9. The van der Waals surface area contributed by atoms with E-state index < -0.39 is 28.8 Å². The number of hydrogen-bond donors (Lipinski definition) is 0. The van der Waals surface area contributed by atoms with Crippen LogP contribution in [0.5, 0.6) is 0 Å². The minimum Gasteiger partial charge on any atom is -0.296 e. The lowest BCUT2D eigenvalue weighted by atomic mass is 10.1. The fourth-order valence-corrected chi connectivity index (χ4v) is 4.20. The number of rotatable bonds is 4. The number of halogens is 2. The number of imidazole rings is 1. The van der Waals surface area contributed by atoms with Gasteiger partial charge in [-0.3, -0.25) is 19.3 Å². The number of aromatic nitrogens is 2. The van der Waals surface area contributed by atoms with E-state index in [1.807, 2.05) is 18.2 Å². The molecular weight excluding hydrogens is 436 g/mol. The molecule has 0 bridgehead atoms. The second kappa shape index (κ2) is 8.19. The monoisotopic (exact) mass is 455 g/mol. The van der Waals surface area contributed by atoms with Crippen molar-refractivity contribution in [2.75, 3.05) is 11.9 Å². The smallest absolute Gasteiger partial charge is 0.260 e. The third-order valence-electron chi connectivity index (χ3n) is 5.86. The highest BCUT2D eigenvalue weighted by Gasteiger charge is 2.62. The van der Waals surface area contributed by atoms with E-state index in [0.29, 0.717) is 24.1 Å². The lowest BCUT2D eigenvalue weighted by Crippen LogP contribution is -2.31. The average Bonchev–Trinajstić information content (AvgIpc) is 3.46. The molecule has 0 atom stereocenters. The van der Waals surface area contributed by atoms with Crippen molar-refractivity contribution in [1.29, 1.82) is 0 Å². The van der Waals surface area contributed by atoms with Crippen molar-refractivity contribution in [2.45, 2.75) is 18.4 Å². The Kier molecular flexibility index (Phi) is 5.17. The van der Waals surface area contributed by atoms with Crippen LogP contribution in [0.1, 0.15) is 29.7 Å². The largest absolute Gasteiger partial charge is 0.296 e. The van der Waals surface area contributed by atoms with Crippen molar-refractivity contribution in [3.63, 3.8) is 0 Å². The van der Waals surface area contributed by atoms with Crippen LogP contribution >= 0.6 is 0 Å². The van der Waals surface area contributed by atoms with Crippen molar-refractivity contribution >= 4 is 36.0 Å².